The largest absolute Gasteiger partial charge is 0.477 e. The van der Waals surface area contributed by atoms with Gasteiger partial charge in [-0.2, -0.15) is 0 Å². The lowest BCUT2D eigenvalue weighted by Crippen LogP contribution is -2.22. The Morgan fingerprint density at radius 2 is 1.62 bits per heavy atom. The van der Waals surface area contributed by atoms with E-state index in [1.165, 1.54) is 13.8 Å². The highest BCUT2D eigenvalue weighted by Gasteiger charge is 2.32. The van der Waals surface area contributed by atoms with E-state index in [1.54, 1.807) is 13.8 Å². The average molecular weight is 212 g/mol. The molecule has 0 fully saturated rings. The smallest absolute Gasteiger partial charge is 0.365 e. The van der Waals surface area contributed by atoms with Gasteiger partial charge in [0.2, 0.25) is 0 Å². The molecule has 0 radical (unpaired) electrons. The summed E-state index contributed by atoms with van der Waals surface area (Å²) in [6.07, 6.45) is 0. The van der Waals surface area contributed by atoms with E-state index in [9.17, 15) is 9.67 Å². The third-order valence-corrected chi connectivity index (χ3v) is 2.73. The van der Waals surface area contributed by atoms with E-state index >= 15 is 0 Å². The molecule has 0 aliphatic heterocycles. The molecule has 5 nitrogen and oxygen atoms in total. The first-order valence-electron chi connectivity index (χ1n) is 4.15. The number of aliphatic hydroxyl groups is 1. The third kappa shape index (κ3) is 6.18. The Labute approximate surface area is 78.6 Å². The molecule has 1 N–H and O–H groups in total. The minimum absolute atomic E-state index is 0.202. The molecule has 0 aliphatic carbocycles. The van der Waals surface area contributed by atoms with E-state index in [4.69, 9.17) is 13.6 Å². The summed E-state index contributed by atoms with van der Waals surface area (Å²) >= 11 is 0. The molecule has 13 heavy (non-hydrogen) atoms. The minimum atomic E-state index is -3.59. The average Bonchev–Trinajstić information content (AvgIpc) is 1.82. The molecule has 0 aromatic carbocycles. The van der Waals surface area contributed by atoms with Crippen LogP contribution in [0.5, 0.6) is 0 Å². The molecule has 0 atom stereocenters. The van der Waals surface area contributed by atoms with Gasteiger partial charge in [-0.15, -0.1) is 0 Å². The van der Waals surface area contributed by atoms with Crippen molar-refractivity contribution in [3.63, 3.8) is 0 Å². The summed E-state index contributed by atoms with van der Waals surface area (Å²) in [7, 11) is -3.59. The lowest BCUT2D eigenvalue weighted by atomic mass is 10.4. The summed E-state index contributed by atoms with van der Waals surface area (Å²) in [5.74, 6) is -1.53. The van der Waals surface area contributed by atoms with Gasteiger partial charge in [0.25, 0.3) is 0 Å². The second kappa shape index (κ2) is 5.08. The van der Waals surface area contributed by atoms with Crippen LogP contribution in [-0.2, 0) is 18.1 Å². The van der Waals surface area contributed by atoms with Gasteiger partial charge in [-0.05, 0) is 27.7 Å². The standard InChI is InChI=1S/C7H17O5P/c1-5-10-13(9,11-6-2)12-7(3,4)8/h8H,5-6H2,1-4H3. The lowest BCUT2D eigenvalue weighted by Gasteiger charge is -2.24. The van der Waals surface area contributed by atoms with Crippen molar-refractivity contribution in [1.29, 1.82) is 0 Å². The number of rotatable bonds is 6. The van der Waals surface area contributed by atoms with Crippen molar-refractivity contribution in [1.82, 2.24) is 0 Å². The second-order valence-corrected chi connectivity index (χ2v) is 4.41. The highest BCUT2D eigenvalue weighted by Crippen LogP contribution is 2.51. The SMILES string of the molecule is CCOP(=O)(OCC)OC(C)(C)O. The first-order valence-corrected chi connectivity index (χ1v) is 5.61. The van der Waals surface area contributed by atoms with Crippen molar-refractivity contribution < 1.29 is 23.2 Å². The first-order chi connectivity index (χ1) is 5.83. The predicted octanol–water partition coefficient (Wildman–Crippen LogP) is 1.91. The van der Waals surface area contributed by atoms with E-state index in [1.807, 2.05) is 0 Å². The molecule has 0 saturated heterocycles. The molecule has 0 spiro atoms. The van der Waals surface area contributed by atoms with Crippen molar-refractivity contribution in [3.05, 3.63) is 0 Å². The lowest BCUT2D eigenvalue weighted by molar-refractivity contribution is -0.124. The van der Waals surface area contributed by atoms with E-state index in [2.05, 4.69) is 0 Å². The molecular formula is C7H17O5P. The molecule has 0 saturated carbocycles. The van der Waals surface area contributed by atoms with Gasteiger partial charge in [0.05, 0.1) is 13.2 Å². The van der Waals surface area contributed by atoms with Crippen molar-refractivity contribution >= 4 is 7.82 Å². The van der Waals surface area contributed by atoms with Gasteiger partial charge < -0.3 is 5.11 Å². The zero-order valence-corrected chi connectivity index (χ0v) is 9.34. The zero-order valence-electron chi connectivity index (χ0n) is 8.44. The van der Waals surface area contributed by atoms with Gasteiger partial charge in [0, 0.05) is 0 Å². The third-order valence-electron chi connectivity index (χ3n) is 0.910. The maximum atomic E-state index is 11.6. The first kappa shape index (κ1) is 13.1. The molecule has 0 aromatic heterocycles. The molecule has 0 amide bonds. The fraction of sp³-hybridized carbons (Fsp3) is 1.00. The summed E-state index contributed by atoms with van der Waals surface area (Å²) < 4.78 is 26.0. The summed E-state index contributed by atoms with van der Waals surface area (Å²) in [6.45, 7) is 6.45. The maximum Gasteiger partial charge on any atom is 0.477 e. The van der Waals surface area contributed by atoms with Gasteiger partial charge in [-0.1, -0.05) is 0 Å². The normalized spacial score (nSPS) is 13.3. The van der Waals surface area contributed by atoms with Crippen LogP contribution in [-0.4, -0.2) is 24.1 Å². The molecule has 0 unspecified atom stereocenters. The van der Waals surface area contributed by atoms with E-state index in [0.29, 0.717) is 0 Å². The number of phosphoric acid groups is 1. The highest BCUT2D eigenvalue weighted by molar-refractivity contribution is 7.48. The van der Waals surface area contributed by atoms with Gasteiger partial charge >= 0.3 is 7.82 Å². The van der Waals surface area contributed by atoms with Crippen LogP contribution in [0.1, 0.15) is 27.7 Å². The van der Waals surface area contributed by atoms with E-state index < -0.39 is 13.6 Å². The maximum absolute atomic E-state index is 11.6. The Kier molecular flexibility index (Phi) is 5.10. The summed E-state index contributed by atoms with van der Waals surface area (Å²) in [6, 6.07) is 0. The Balaban J connectivity index is 4.33. The van der Waals surface area contributed by atoms with Crippen LogP contribution in [0.15, 0.2) is 0 Å². The van der Waals surface area contributed by atoms with Crippen molar-refractivity contribution in [2.45, 2.75) is 33.5 Å². The minimum Gasteiger partial charge on any atom is -0.365 e. The van der Waals surface area contributed by atoms with Crippen LogP contribution in [0.3, 0.4) is 0 Å². The molecule has 80 valence electrons. The Morgan fingerprint density at radius 3 is 1.85 bits per heavy atom. The van der Waals surface area contributed by atoms with Crippen LogP contribution in [0.25, 0.3) is 0 Å². The quantitative estimate of drug-likeness (QED) is 0.538. The topological polar surface area (TPSA) is 65.0 Å². The van der Waals surface area contributed by atoms with Gasteiger partial charge in [-0.25, -0.2) is 4.57 Å². The molecule has 0 heterocycles. The second-order valence-electron chi connectivity index (χ2n) is 2.82. The van der Waals surface area contributed by atoms with Crippen LogP contribution >= 0.6 is 7.82 Å². The van der Waals surface area contributed by atoms with Gasteiger partial charge in [0.1, 0.15) is 0 Å². The fourth-order valence-corrected chi connectivity index (χ4v) is 2.04. The van der Waals surface area contributed by atoms with Crippen LogP contribution in [0.4, 0.5) is 0 Å². The van der Waals surface area contributed by atoms with Crippen LogP contribution in [0, 0.1) is 0 Å². The Hall–Kier alpha value is 0.0700. The number of hydrogen-bond acceptors (Lipinski definition) is 5. The Morgan fingerprint density at radius 1 is 1.23 bits per heavy atom. The van der Waals surface area contributed by atoms with Gasteiger partial charge in [0.15, 0.2) is 5.79 Å². The van der Waals surface area contributed by atoms with Crippen LogP contribution in [0.2, 0.25) is 0 Å². The molecule has 0 rings (SSSR count). The molecular weight excluding hydrogens is 195 g/mol. The van der Waals surface area contributed by atoms with E-state index in [-0.39, 0.29) is 13.2 Å². The zero-order chi connectivity index (χ0) is 10.5. The summed E-state index contributed by atoms with van der Waals surface area (Å²) in [4.78, 5) is 0. The molecule has 0 aliphatic rings. The van der Waals surface area contributed by atoms with Crippen molar-refractivity contribution in [2.75, 3.05) is 13.2 Å². The van der Waals surface area contributed by atoms with E-state index in [0.717, 1.165) is 0 Å². The van der Waals surface area contributed by atoms with Crippen molar-refractivity contribution in [3.8, 4) is 0 Å². The number of phosphoric ester groups is 1. The monoisotopic (exact) mass is 212 g/mol. The molecule has 0 bridgehead atoms. The van der Waals surface area contributed by atoms with Crippen LogP contribution < -0.4 is 0 Å². The van der Waals surface area contributed by atoms with Gasteiger partial charge in [-0.3, -0.25) is 13.6 Å². The fourth-order valence-electron chi connectivity index (χ4n) is 0.680. The Bertz CT molecular complexity index is 176. The summed E-state index contributed by atoms with van der Waals surface area (Å²) in [5, 5.41) is 9.25. The van der Waals surface area contributed by atoms with Crippen molar-refractivity contribution in [2.24, 2.45) is 0 Å². The highest BCUT2D eigenvalue weighted by atomic mass is 31.2. The predicted molar refractivity (Wildman–Crippen MR) is 48.2 cm³/mol. The summed E-state index contributed by atoms with van der Waals surface area (Å²) in [5.41, 5.74) is 0. The molecule has 6 heteroatoms. The number of hydrogen-bond donors (Lipinski definition) is 1. The molecule has 0 aromatic rings.